The fraction of sp³-hybridized carbons (Fsp3) is 0.846. The van der Waals surface area contributed by atoms with E-state index < -0.39 is 6.04 Å². The number of rotatable bonds is 2. The van der Waals surface area contributed by atoms with Crippen molar-refractivity contribution in [2.75, 3.05) is 6.54 Å². The molecule has 1 aliphatic rings. The van der Waals surface area contributed by atoms with Crippen LogP contribution in [-0.2, 0) is 9.59 Å². The predicted molar refractivity (Wildman–Crippen MR) is 70.3 cm³/mol. The maximum Gasteiger partial charge on any atom is 0.256 e. The zero-order valence-electron chi connectivity index (χ0n) is 11.8. The average Bonchev–Trinajstić information content (AvgIpc) is 2.48. The van der Waals surface area contributed by atoms with E-state index >= 15 is 0 Å². The first-order chi connectivity index (χ1) is 8.27. The number of amides is 2. The van der Waals surface area contributed by atoms with E-state index in [1.165, 1.54) is 0 Å². The van der Waals surface area contributed by atoms with Gasteiger partial charge >= 0.3 is 0 Å². The Morgan fingerprint density at radius 3 is 2.56 bits per heavy atom. The Kier molecular flexibility index (Phi) is 4.73. The first-order valence-corrected chi connectivity index (χ1v) is 6.57. The lowest BCUT2D eigenvalue weighted by Crippen LogP contribution is -2.49. The molecule has 18 heavy (non-hydrogen) atoms. The van der Waals surface area contributed by atoms with Crippen LogP contribution in [0, 0.1) is 11.3 Å². The molecule has 2 amide bonds. The molecule has 1 heterocycles. The third-order valence-electron chi connectivity index (χ3n) is 3.96. The summed E-state index contributed by atoms with van der Waals surface area (Å²) in [5.74, 6) is 5.38. The van der Waals surface area contributed by atoms with Gasteiger partial charge in [0, 0.05) is 13.0 Å². The van der Waals surface area contributed by atoms with E-state index in [4.69, 9.17) is 5.84 Å². The molecule has 1 fully saturated rings. The van der Waals surface area contributed by atoms with Gasteiger partial charge in [0.05, 0.1) is 0 Å². The van der Waals surface area contributed by atoms with Gasteiger partial charge in [0.15, 0.2) is 0 Å². The van der Waals surface area contributed by atoms with Gasteiger partial charge in [0.2, 0.25) is 5.91 Å². The molecule has 0 spiro atoms. The average molecular weight is 255 g/mol. The Morgan fingerprint density at radius 2 is 2.06 bits per heavy atom. The highest BCUT2D eigenvalue weighted by Crippen LogP contribution is 2.34. The molecule has 2 atom stereocenters. The van der Waals surface area contributed by atoms with E-state index in [-0.39, 0.29) is 17.2 Å². The molecule has 0 bridgehead atoms. The van der Waals surface area contributed by atoms with Gasteiger partial charge in [-0.3, -0.25) is 15.0 Å². The highest BCUT2D eigenvalue weighted by atomic mass is 16.2. The third kappa shape index (κ3) is 3.45. The Morgan fingerprint density at radius 1 is 1.44 bits per heavy atom. The first-order valence-electron chi connectivity index (χ1n) is 6.57. The molecular weight excluding hydrogens is 230 g/mol. The monoisotopic (exact) mass is 255 g/mol. The number of hydrogen-bond acceptors (Lipinski definition) is 3. The summed E-state index contributed by atoms with van der Waals surface area (Å²) in [6, 6.07) is -0.485. The van der Waals surface area contributed by atoms with Gasteiger partial charge in [-0.05, 0) is 31.1 Å². The SMILES string of the molecule is CC(C(=O)NN)N1CCC(C(C)(C)C)CCC1=O. The number of nitrogens with zero attached hydrogens (tertiary/aromatic N) is 1. The molecule has 5 heteroatoms. The van der Waals surface area contributed by atoms with Gasteiger partial charge in [-0.25, -0.2) is 5.84 Å². The van der Waals surface area contributed by atoms with Crippen molar-refractivity contribution in [3.05, 3.63) is 0 Å². The Balaban J connectivity index is 2.74. The molecule has 0 aromatic carbocycles. The maximum absolute atomic E-state index is 12.1. The van der Waals surface area contributed by atoms with Crippen LogP contribution in [0.3, 0.4) is 0 Å². The Labute approximate surface area is 109 Å². The number of nitrogens with two attached hydrogens (primary N) is 1. The second kappa shape index (κ2) is 5.69. The van der Waals surface area contributed by atoms with Gasteiger partial charge in [0.1, 0.15) is 6.04 Å². The molecule has 5 nitrogen and oxygen atoms in total. The lowest BCUT2D eigenvalue weighted by Gasteiger charge is -2.30. The van der Waals surface area contributed by atoms with Crippen LogP contribution < -0.4 is 11.3 Å². The molecular formula is C13H25N3O2. The topological polar surface area (TPSA) is 75.4 Å². The molecule has 1 rings (SSSR count). The second-order valence-electron chi connectivity index (χ2n) is 6.16. The number of carbonyl (C=O) groups excluding carboxylic acids is 2. The normalized spacial score (nSPS) is 23.5. The van der Waals surface area contributed by atoms with E-state index in [0.29, 0.717) is 18.9 Å². The molecule has 1 aliphatic heterocycles. The molecule has 104 valence electrons. The molecule has 0 aromatic rings. The predicted octanol–water partition coefficient (Wildman–Crippen LogP) is 1.04. The molecule has 0 radical (unpaired) electrons. The molecule has 2 unspecified atom stereocenters. The molecule has 3 N–H and O–H groups in total. The van der Waals surface area contributed by atoms with Crippen LogP contribution in [0.2, 0.25) is 0 Å². The van der Waals surface area contributed by atoms with Crippen molar-refractivity contribution in [3.8, 4) is 0 Å². The zero-order chi connectivity index (χ0) is 13.9. The van der Waals surface area contributed by atoms with Crippen molar-refractivity contribution in [2.45, 2.75) is 53.0 Å². The van der Waals surface area contributed by atoms with Crippen LogP contribution in [0.4, 0.5) is 0 Å². The quantitative estimate of drug-likeness (QED) is 0.440. The summed E-state index contributed by atoms with van der Waals surface area (Å²) in [5.41, 5.74) is 2.32. The summed E-state index contributed by atoms with van der Waals surface area (Å²) in [4.78, 5) is 25.2. The highest BCUT2D eigenvalue weighted by Gasteiger charge is 2.33. The molecule has 0 aromatic heterocycles. The summed E-state index contributed by atoms with van der Waals surface area (Å²) in [7, 11) is 0. The van der Waals surface area contributed by atoms with Crippen LogP contribution in [0.1, 0.15) is 47.0 Å². The third-order valence-corrected chi connectivity index (χ3v) is 3.96. The molecule has 1 saturated heterocycles. The minimum atomic E-state index is -0.485. The van der Waals surface area contributed by atoms with Gasteiger partial charge in [-0.1, -0.05) is 20.8 Å². The van der Waals surface area contributed by atoms with E-state index in [9.17, 15) is 9.59 Å². The van der Waals surface area contributed by atoms with Crippen LogP contribution >= 0.6 is 0 Å². The van der Waals surface area contributed by atoms with Gasteiger partial charge in [-0.15, -0.1) is 0 Å². The highest BCUT2D eigenvalue weighted by molar-refractivity contribution is 5.87. The van der Waals surface area contributed by atoms with Crippen LogP contribution in [0.5, 0.6) is 0 Å². The fourth-order valence-electron chi connectivity index (χ4n) is 2.54. The van der Waals surface area contributed by atoms with E-state index in [0.717, 1.165) is 12.8 Å². The van der Waals surface area contributed by atoms with Crippen LogP contribution in [0.25, 0.3) is 0 Å². The smallest absolute Gasteiger partial charge is 0.256 e. The van der Waals surface area contributed by atoms with Gasteiger partial charge < -0.3 is 4.90 Å². The lowest BCUT2D eigenvalue weighted by molar-refractivity contribution is -0.139. The fourth-order valence-corrected chi connectivity index (χ4v) is 2.54. The molecule has 0 aliphatic carbocycles. The number of likely N-dealkylation sites (tertiary alicyclic amines) is 1. The standard InChI is InChI=1S/C13H25N3O2/c1-9(12(18)15-14)16-8-7-10(13(2,3)4)5-6-11(16)17/h9-10H,5-8,14H2,1-4H3,(H,15,18). The van der Waals surface area contributed by atoms with Crippen molar-refractivity contribution in [1.82, 2.24) is 10.3 Å². The summed E-state index contributed by atoms with van der Waals surface area (Å²) in [6.45, 7) is 8.96. The van der Waals surface area contributed by atoms with Gasteiger partial charge in [-0.2, -0.15) is 0 Å². The van der Waals surface area contributed by atoms with Crippen molar-refractivity contribution in [3.63, 3.8) is 0 Å². The zero-order valence-corrected chi connectivity index (χ0v) is 11.8. The number of hydrogen-bond donors (Lipinski definition) is 2. The number of carbonyl (C=O) groups is 2. The van der Waals surface area contributed by atoms with Crippen molar-refractivity contribution < 1.29 is 9.59 Å². The minimum Gasteiger partial charge on any atom is -0.331 e. The second-order valence-corrected chi connectivity index (χ2v) is 6.16. The van der Waals surface area contributed by atoms with E-state index in [1.54, 1.807) is 11.8 Å². The summed E-state index contributed by atoms with van der Waals surface area (Å²) in [6.07, 6.45) is 2.36. The summed E-state index contributed by atoms with van der Waals surface area (Å²) < 4.78 is 0. The Hall–Kier alpha value is -1.10. The number of nitrogens with one attached hydrogen (secondary N) is 1. The minimum absolute atomic E-state index is 0.0536. The van der Waals surface area contributed by atoms with E-state index in [1.807, 2.05) is 0 Å². The van der Waals surface area contributed by atoms with Crippen LogP contribution in [-0.4, -0.2) is 29.3 Å². The van der Waals surface area contributed by atoms with Crippen molar-refractivity contribution >= 4 is 11.8 Å². The number of hydrazine groups is 1. The van der Waals surface area contributed by atoms with Gasteiger partial charge in [0.25, 0.3) is 5.91 Å². The van der Waals surface area contributed by atoms with E-state index in [2.05, 4.69) is 26.2 Å². The summed E-state index contributed by atoms with van der Waals surface area (Å²) >= 11 is 0. The molecule has 0 saturated carbocycles. The largest absolute Gasteiger partial charge is 0.331 e. The van der Waals surface area contributed by atoms with Crippen LogP contribution in [0.15, 0.2) is 0 Å². The lowest BCUT2D eigenvalue weighted by atomic mass is 9.77. The maximum atomic E-state index is 12.1. The van der Waals surface area contributed by atoms with Crippen molar-refractivity contribution in [2.24, 2.45) is 17.2 Å². The van der Waals surface area contributed by atoms with Crippen molar-refractivity contribution in [1.29, 1.82) is 0 Å². The Bertz CT molecular complexity index is 323. The first kappa shape index (κ1) is 15.0. The summed E-state index contributed by atoms with van der Waals surface area (Å²) in [5, 5.41) is 0.